The van der Waals surface area contributed by atoms with Crippen LogP contribution < -0.4 is 4.72 Å². The summed E-state index contributed by atoms with van der Waals surface area (Å²) in [6.07, 6.45) is 4.08. The number of nitrogens with one attached hydrogen (secondary N) is 1. The van der Waals surface area contributed by atoms with Gasteiger partial charge in [-0.25, -0.2) is 18.1 Å². The summed E-state index contributed by atoms with van der Waals surface area (Å²) in [5.74, 6) is 0.638. The van der Waals surface area contributed by atoms with Crippen LogP contribution in [0.3, 0.4) is 0 Å². The molecule has 0 unspecified atom stereocenters. The molecule has 1 aliphatic carbocycles. The first-order valence-electron chi connectivity index (χ1n) is 6.10. The first kappa shape index (κ1) is 13.5. The van der Waals surface area contributed by atoms with Crippen LogP contribution in [0, 0.1) is 6.92 Å². The maximum Gasteiger partial charge on any atom is 0.259 e. The number of hydrogen-bond donors (Lipinski definition) is 2. The third-order valence-corrected chi connectivity index (χ3v) is 4.76. The molecule has 0 radical (unpaired) electrons. The molecule has 18 heavy (non-hydrogen) atoms. The fourth-order valence-corrected chi connectivity index (χ4v) is 3.51. The molecule has 102 valence electrons. The number of hydrogen-bond acceptors (Lipinski definition) is 4. The van der Waals surface area contributed by atoms with Gasteiger partial charge in [-0.2, -0.15) is 0 Å². The number of aromatic nitrogens is 2. The van der Waals surface area contributed by atoms with E-state index in [9.17, 15) is 13.5 Å². The van der Waals surface area contributed by atoms with Crippen molar-refractivity contribution in [3.05, 3.63) is 12.0 Å². The zero-order chi connectivity index (χ0) is 13.3. The fraction of sp³-hybridized carbons (Fsp3) is 0.727. The Morgan fingerprint density at radius 3 is 2.67 bits per heavy atom. The molecule has 2 rings (SSSR count). The van der Waals surface area contributed by atoms with Gasteiger partial charge in [-0.05, 0) is 19.8 Å². The second-order valence-electron chi connectivity index (χ2n) is 4.82. The summed E-state index contributed by atoms with van der Waals surface area (Å²) in [5, 5.41) is 9.80. The average Bonchev–Trinajstić information content (AvgIpc) is 2.63. The number of nitrogens with zero attached hydrogens (tertiary/aromatic N) is 2. The van der Waals surface area contributed by atoms with Crippen LogP contribution in [0.15, 0.2) is 11.2 Å². The molecule has 2 N–H and O–H groups in total. The molecular formula is C11H19N3O3S. The van der Waals surface area contributed by atoms with Gasteiger partial charge in [0.25, 0.3) is 10.0 Å². The van der Waals surface area contributed by atoms with Crippen LogP contribution in [-0.4, -0.2) is 35.2 Å². The summed E-state index contributed by atoms with van der Waals surface area (Å²) in [4.78, 5) is 4.00. The lowest BCUT2D eigenvalue weighted by Gasteiger charge is -2.27. The first-order valence-corrected chi connectivity index (χ1v) is 7.59. The number of aliphatic hydroxyl groups excluding tert-OH is 1. The molecule has 0 aromatic carbocycles. The van der Waals surface area contributed by atoms with Gasteiger partial charge in [-0.1, -0.05) is 12.8 Å². The molecule has 0 saturated heterocycles. The molecular weight excluding hydrogens is 254 g/mol. The van der Waals surface area contributed by atoms with Gasteiger partial charge in [-0.15, -0.1) is 0 Å². The fourth-order valence-electron chi connectivity index (χ4n) is 2.16. The van der Waals surface area contributed by atoms with E-state index < -0.39 is 22.2 Å². The number of aliphatic hydroxyl groups is 1. The Morgan fingerprint density at radius 2 is 2.11 bits per heavy atom. The third kappa shape index (κ3) is 2.73. The third-order valence-electron chi connectivity index (χ3n) is 3.40. The largest absolute Gasteiger partial charge is 0.391 e. The molecule has 1 aromatic rings. The average molecular weight is 273 g/mol. The number of rotatable bonds is 3. The highest BCUT2D eigenvalue weighted by Crippen LogP contribution is 2.20. The highest BCUT2D eigenvalue weighted by Gasteiger charge is 2.29. The van der Waals surface area contributed by atoms with Crippen molar-refractivity contribution < 1.29 is 13.5 Å². The van der Waals surface area contributed by atoms with Crippen LogP contribution >= 0.6 is 0 Å². The van der Waals surface area contributed by atoms with Crippen LogP contribution in [0.1, 0.15) is 31.5 Å². The molecule has 1 heterocycles. The summed E-state index contributed by atoms with van der Waals surface area (Å²) in [5.41, 5.74) is 0. The normalized spacial score (nSPS) is 25.3. The standard InChI is InChI=1S/C11H19N3O3S/c1-8-12-11(7-14(8)2)18(16,17)13-9-5-3-4-6-10(9)15/h7,9-10,13,15H,3-6H2,1-2H3/t9-,10-/m1/s1. The molecule has 1 fully saturated rings. The van der Waals surface area contributed by atoms with Crippen LogP contribution in [0.5, 0.6) is 0 Å². The second kappa shape index (κ2) is 4.99. The molecule has 0 spiro atoms. The van der Waals surface area contributed by atoms with E-state index in [0.717, 1.165) is 12.8 Å². The van der Waals surface area contributed by atoms with Gasteiger partial charge < -0.3 is 9.67 Å². The minimum absolute atomic E-state index is 0.0141. The lowest BCUT2D eigenvalue weighted by molar-refractivity contribution is 0.101. The molecule has 0 amide bonds. The molecule has 7 heteroatoms. The van der Waals surface area contributed by atoms with Crippen molar-refractivity contribution in [1.29, 1.82) is 0 Å². The van der Waals surface area contributed by atoms with Gasteiger partial charge in [0.05, 0.1) is 6.10 Å². The predicted octanol–water partition coefficient (Wildman–Crippen LogP) is 0.310. The Labute approximate surface area is 107 Å². The minimum Gasteiger partial charge on any atom is -0.391 e. The van der Waals surface area contributed by atoms with E-state index in [1.165, 1.54) is 6.20 Å². The zero-order valence-electron chi connectivity index (χ0n) is 10.6. The van der Waals surface area contributed by atoms with Crippen LogP contribution in [0.4, 0.5) is 0 Å². The highest BCUT2D eigenvalue weighted by molar-refractivity contribution is 7.89. The van der Waals surface area contributed by atoms with E-state index in [0.29, 0.717) is 18.7 Å². The SMILES string of the molecule is Cc1nc(S(=O)(=O)N[C@@H]2CCCC[C@H]2O)cn1C. The van der Waals surface area contributed by atoms with Crippen molar-refractivity contribution in [1.82, 2.24) is 14.3 Å². The van der Waals surface area contributed by atoms with E-state index >= 15 is 0 Å². The number of sulfonamides is 1. The van der Waals surface area contributed by atoms with Crippen molar-refractivity contribution in [2.75, 3.05) is 0 Å². The van der Waals surface area contributed by atoms with Crippen LogP contribution in [0.25, 0.3) is 0 Å². The van der Waals surface area contributed by atoms with E-state index in [-0.39, 0.29) is 5.03 Å². The molecule has 2 atom stereocenters. The zero-order valence-corrected chi connectivity index (χ0v) is 11.4. The number of aryl methyl sites for hydroxylation is 2. The summed E-state index contributed by atoms with van der Waals surface area (Å²) in [7, 11) is -1.89. The Bertz CT molecular complexity index is 504. The molecule has 0 aliphatic heterocycles. The van der Waals surface area contributed by atoms with Crippen LogP contribution in [0.2, 0.25) is 0 Å². The smallest absolute Gasteiger partial charge is 0.259 e. The molecule has 1 saturated carbocycles. The monoisotopic (exact) mass is 273 g/mol. The molecule has 6 nitrogen and oxygen atoms in total. The minimum atomic E-state index is -3.64. The van der Waals surface area contributed by atoms with Gasteiger partial charge in [0.1, 0.15) is 5.82 Å². The van der Waals surface area contributed by atoms with E-state index in [4.69, 9.17) is 0 Å². The van der Waals surface area contributed by atoms with E-state index in [1.54, 1.807) is 18.5 Å². The van der Waals surface area contributed by atoms with Crippen molar-refractivity contribution in [3.8, 4) is 0 Å². The topological polar surface area (TPSA) is 84.2 Å². The van der Waals surface area contributed by atoms with Gasteiger partial charge >= 0.3 is 0 Å². The van der Waals surface area contributed by atoms with Gasteiger partial charge in [0, 0.05) is 19.3 Å². The summed E-state index contributed by atoms with van der Waals surface area (Å²) in [6.45, 7) is 1.74. The van der Waals surface area contributed by atoms with Crippen molar-refractivity contribution >= 4 is 10.0 Å². The molecule has 1 aromatic heterocycles. The van der Waals surface area contributed by atoms with E-state index in [2.05, 4.69) is 9.71 Å². The maximum absolute atomic E-state index is 12.1. The van der Waals surface area contributed by atoms with Gasteiger partial charge in [-0.3, -0.25) is 0 Å². The Hall–Kier alpha value is -0.920. The second-order valence-corrected chi connectivity index (χ2v) is 6.48. The lowest BCUT2D eigenvalue weighted by atomic mass is 9.93. The lowest BCUT2D eigenvalue weighted by Crippen LogP contribution is -2.45. The van der Waals surface area contributed by atoms with Crippen molar-refractivity contribution in [2.45, 2.75) is 49.8 Å². The van der Waals surface area contributed by atoms with Crippen LogP contribution in [-0.2, 0) is 17.1 Å². The highest BCUT2D eigenvalue weighted by atomic mass is 32.2. The quantitative estimate of drug-likeness (QED) is 0.830. The predicted molar refractivity (Wildman–Crippen MR) is 66.5 cm³/mol. The Kier molecular flexibility index (Phi) is 3.74. The summed E-state index contributed by atoms with van der Waals surface area (Å²) < 4.78 is 28.4. The van der Waals surface area contributed by atoms with Gasteiger partial charge in [0.15, 0.2) is 5.03 Å². The van der Waals surface area contributed by atoms with Gasteiger partial charge in [0.2, 0.25) is 0 Å². The first-order chi connectivity index (χ1) is 8.40. The maximum atomic E-state index is 12.1. The Morgan fingerprint density at radius 1 is 1.44 bits per heavy atom. The molecule has 1 aliphatic rings. The Balaban J connectivity index is 2.16. The summed E-state index contributed by atoms with van der Waals surface area (Å²) >= 11 is 0. The summed E-state index contributed by atoms with van der Waals surface area (Å²) in [6, 6.07) is -0.397. The molecule has 0 bridgehead atoms. The van der Waals surface area contributed by atoms with E-state index in [1.807, 2.05) is 0 Å². The number of imidazole rings is 1. The van der Waals surface area contributed by atoms with Crippen molar-refractivity contribution in [2.24, 2.45) is 7.05 Å². The van der Waals surface area contributed by atoms with Crippen molar-refractivity contribution in [3.63, 3.8) is 0 Å².